The van der Waals surface area contributed by atoms with Crippen molar-refractivity contribution in [1.82, 2.24) is 0 Å². The Morgan fingerprint density at radius 1 is 1.24 bits per heavy atom. The number of para-hydroxylation sites is 1. The Hall–Kier alpha value is -3.13. The van der Waals surface area contributed by atoms with Crippen molar-refractivity contribution in [2.75, 3.05) is 18.1 Å². The first-order valence-corrected chi connectivity index (χ1v) is 9.97. The van der Waals surface area contributed by atoms with E-state index in [9.17, 15) is 19.7 Å². The second kappa shape index (κ2) is 9.38. The zero-order chi connectivity index (χ0) is 20.8. The number of hydrogen-bond donors (Lipinski definition) is 0. The van der Waals surface area contributed by atoms with Crippen LogP contribution in [0.15, 0.2) is 59.5 Å². The highest BCUT2D eigenvalue weighted by Gasteiger charge is 2.24. The summed E-state index contributed by atoms with van der Waals surface area (Å²) in [5.41, 5.74) is 1.43. The largest absolute Gasteiger partial charge is 0.452 e. The Kier molecular flexibility index (Phi) is 6.66. The lowest BCUT2D eigenvalue weighted by Gasteiger charge is -2.22. The summed E-state index contributed by atoms with van der Waals surface area (Å²) in [5, 5.41) is 11.0. The third-order valence-corrected chi connectivity index (χ3v) is 5.64. The van der Waals surface area contributed by atoms with Crippen molar-refractivity contribution in [2.45, 2.75) is 23.5 Å². The van der Waals surface area contributed by atoms with E-state index in [1.807, 2.05) is 24.3 Å². The highest BCUT2D eigenvalue weighted by atomic mass is 32.2. The van der Waals surface area contributed by atoms with Gasteiger partial charge in [0.25, 0.3) is 11.6 Å². The van der Waals surface area contributed by atoms with Gasteiger partial charge in [-0.1, -0.05) is 19.1 Å². The molecule has 1 aliphatic heterocycles. The standard InChI is InChI=1S/C21H20N2O5S/c1-15-12-13-22(18-4-2-3-5-19(18)29-15)20(24)14-28-21(25)11-8-16-6-9-17(10-7-16)23(26)27/h2-11,15H,12-14H2,1H3/b11-8+. The lowest BCUT2D eigenvalue weighted by Crippen LogP contribution is -2.35. The molecule has 1 unspecified atom stereocenters. The molecule has 0 N–H and O–H groups in total. The molecule has 7 nitrogen and oxygen atoms in total. The molecule has 150 valence electrons. The van der Waals surface area contributed by atoms with Crippen LogP contribution in [0.25, 0.3) is 6.08 Å². The molecule has 0 aromatic heterocycles. The molecule has 0 fully saturated rings. The zero-order valence-electron chi connectivity index (χ0n) is 15.8. The van der Waals surface area contributed by atoms with Crippen LogP contribution < -0.4 is 4.90 Å². The number of non-ortho nitro benzene ring substituents is 1. The molecule has 1 atom stereocenters. The first-order chi connectivity index (χ1) is 13.9. The molecule has 0 radical (unpaired) electrons. The SMILES string of the molecule is CC1CCN(C(=O)COC(=O)/C=C/c2ccc([N+](=O)[O-])cc2)c2ccccc2S1. The van der Waals surface area contributed by atoms with Gasteiger partial charge in [-0.25, -0.2) is 4.79 Å². The lowest BCUT2D eigenvalue weighted by molar-refractivity contribution is -0.384. The molecule has 2 aromatic rings. The first-order valence-electron chi connectivity index (χ1n) is 9.09. The summed E-state index contributed by atoms with van der Waals surface area (Å²) in [7, 11) is 0. The van der Waals surface area contributed by atoms with E-state index in [4.69, 9.17) is 4.74 Å². The second-order valence-electron chi connectivity index (χ2n) is 6.52. The molecular weight excluding hydrogens is 392 g/mol. The van der Waals surface area contributed by atoms with Crippen LogP contribution in [-0.4, -0.2) is 35.2 Å². The Labute approximate surface area is 172 Å². The maximum absolute atomic E-state index is 12.7. The van der Waals surface area contributed by atoms with Crippen LogP contribution >= 0.6 is 11.8 Å². The molecule has 1 amide bonds. The summed E-state index contributed by atoms with van der Waals surface area (Å²) in [5.74, 6) is -0.924. The van der Waals surface area contributed by atoms with Gasteiger partial charge in [0.15, 0.2) is 6.61 Å². The van der Waals surface area contributed by atoms with Gasteiger partial charge in [0.1, 0.15) is 0 Å². The van der Waals surface area contributed by atoms with E-state index >= 15 is 0 Å². The molecule has 2 aromatic carbocycles. The van der Waals surface area contributed by atoms with E-state index in [0.29, 0.717) is 17.4 Å². The Morgan fingerprint density at radius 3 is 2.69 bits per heavy atom. The van der Waals surface area contributed by atoms with Crippen molar-refractivity contribution >= 4 is 41.1 Å². The lowest BCUT2D eigenvalue weighted by atomic mass is 10.2. The summed E-state index contributed by atoms with van der Waals surface area (Å²) in [6, 6.07) is 13.5. The van der Waals surface area contributed by atoms with Gasteiger partial charge in [-0.05, 0) is 42.3 Å². The van der Waals surface area contributed by atoms with Crippen LogP contribution in [0.5, 0.6) is 0 Å². The van der Waals surface area contributed by atoms with Crippen molar-refractivity contribution in [3.63, 3.8) is 0 Å². The van der Waals surface area contributed by atoms with Crippen LogP contribution in [0.4, 0.5) is 11.4 Å². The fourth-order valence-corrected chi connectivity index (χ4v) is 3.99. The number of carbonyl (C=O) groups excluding carboxylic acids is 2. The van der Waals surface area contributed by atoms with Gasteiger partial charge in [-0.15, -0.1) is 11.8 Å². The molecule has 0 saturated carbocycles. The number of carbonyl (C=O) groups is 2. The fourth-order valence-electron chi connectivity index (χ4n) is 2.88. The minimum absolute atomic E-state index is 0.0273. The van der Waals surface area contributed by atoms with E-state index in [1.165, 1.54) is 36.4 Å². The van der Waals surface area contributed by atoms with Gasteiger partial charge in [0, 0.05) is 34.9 Å². The molecule has 0 spiro atoms. The number of ether oxygens (including phenoxy) is 1. The molecule has 29 heavy (non-hydrogen) atoms. The maximum Gasteiger partial charge on any atom is 0.331 e. The molecule has 1 aliphatic rings. The van der Waals surface area contributed by atoms with Crippen LogP contribution in [0, 0.1) is 10.1 Å². The van der Waals surface area contributed by atoms with Gasteiger partial charge in [0.05, 0.1) is 10.6 Å². The van der Waals surface area contributed by atoms with Gasteiger partial charge < -0.3 is 9.64 Å². The second-order valence-corrected chi connectivity index (χ2v) is 8.00. The number of nitro benzene ring substituents is 1. The smallest absolute Gasteiger partial charge is 0.331 e. The predicted molar refractivity (Wildman–Crippen MR) is 112 cm³/mol. The summed E-state index contributed by atoms with van der Waals surface area (Å²) in [6.07, 6.45) is 3.53. The number of nitrogens with zero attached hydrogens (tertiary/aromatic N) is 2. The van der Waals surface area contributed by atoms with Crippen molar-refractivity contribution in [1.29, 1.82) is 0 Å². The Morgan fingerprint density at radius 2 is 1.97 bits per heavy atom. The number of esters is 1. The number of fused-ring (bicyclic) bond motifs is 1. The van der Waals surface area contributed by atoms with E-state index in [2.05, 4.69) is 6.92 Å². The third kappa shape index (κ3) is 5.45. The monoisotopic (exact) mass is 412 g/mol. The summed E-state index contributed by atoms with van der Waals surface area (Å²) in [6.45, 7) is 2.34. The Bertz CT molecular complexity index is 942. The van der Waals surface area contributed by atoms with Gasteiger partial charge in [-0.3, -0.25) is 14.9 Å². The quantitative estimate of drug-likeness (QED) is 0.318. The molecule has 0 bridgehead atoms. The molecule has 0 aliphatic carbocycles. The molecule has 3 rings (SSSR count). The number of thioether (sulfide) groups is 1. The highest BCUT2D eigenvalue weighted by molar-refractivity contribution is 8.00. The highest BCUT2D eigenvalue weighted by Crippen LogP contribution is 2.37. The number of rotatable bonds is 5. The van der Waals surface area contributed by atoms with Crippen molar-refractivity contribution in [2.24, 2.45) is 0 Å². The van der Waals surface area contributed by atoms with Crippen molar-refractivity contribution in [3.8, 4) is 0 Å². The van der Waals surface area contributed by atoms with Crippen LogP contribution in [0.1, 0.15) is 18.9 Å². The molecule has 8 heteroatoms. The van der Waals surface area contributed by atoms with E-state index in [-0.39, 0.29) is 18.2 Å². The fraction of sp³-hybridized carbons (Fsp3) is 0.238. The average molecular weight is 412 g/mol. The van der Waals surface area contributed by atoms with Crippen molar-refractivity contribution in [3.05, 3.63) is 70.3 Å². The van der Waals surface area contributed by atoms with E-state index in [0.717, 1.165) is 17.0 Å². The number of nitro groups is 1. The minimum atomic E-state index is -0.650. The Balaban J connectivity index is 1.58. The van der Waals surface area contributed by atoms with Gasteiger partial charge in [-0.2, -0.15) is 0 Å². The number of benzene rings is 2. The number of amides is 1. The number of hydrogen-bond acceptors (Lipinski definition) is 6. The third-order valence-electron chi connectivity index (χ3n) is 4.40. The summed E-state index contributed by atoms with van der Waals surface area (Å²) in [4.78, 5) is 37.5. The van der Waals surface area contributed by atoms with Crippen molar-refractivity contribution < 1.29 is 19.2 Å². The summed E-state index contributed by atoms with van der Waals surface area (Å²) < 4.78 is 5.09. The molecular formula is C21H20N2O5S. The van der Waals surface area contributed by atoms with Gasteiger partial charge in [0.2, 0.25) is 0 Å². The maximum atomic E-state index is 12.7. The molecule has 1 heterocycles. The molecule has 0 saturated heterocycles. The van der Waals surface area contributed by atoms with E-state index in [1.54, 1.807) is 16.7 Å². The zero-order valence-corrected chi connectivity index (χ0v) is 16.6. The van der Waals surface area contributed by atoms with Gasteiger partial charge >= 0.3 is 5.97 Å². The minimum Gasteiger partial charge on any atom is -0.452 e. The van der Waals surface area contributed by atoms with Crippen LogP contribution in [0.3, 0.4) is 0 Å². The first kappa shape index (κ1) is 20.6. The van der Waals surface area contributed by atoms with Crippen LogP contribution in [-0.2, 0) is 14.3 Å². The number of anilines is 1. The predicted octanol–water partition coefficient (Wildman–Crippen LogP) is 4.07. The topological polar surface area (TPSA) is 89.8 Å². The summed E-state index contributed by atoms with van der Waals surface area (Å²) >= 11 is 1.73. The average Bonchev–Trinajstić information content (AvgIpc) is 2.89. The van der Waals surface area contributed by atoms with E-state index < -0.39 is 10.9 Å². The normalized spacial score (nSPS) is 16.2. The van der Waals surface area contributed by atoms with Crippen LogP contribution in [0.2, 0.25) is 0 Å².